The summed E-state index contributed by atoms with van der Waals surface area (Å²) in [4.78, 5) is 12.4. The van der Waals surface area contributed by atoms with Crippen molar-refractivity contribution in [1.29, 1.82) is 0 Å². The van der Waals surface area contributed by atoms with Gasteiger partial charge in [-0.25, -0.2) is 13.2 Å². The van der Waals surface area contributed by atoms with E-state index in [0.717, 1.165) is 12.0 Å². The van der Waals surface area contributed by atoms with Crippen LogP contribution in [0.2, 0.25) is 0 Å². The highest BCUT2D eigenvalue weighted by atomic mass is 32.2. The van der Waals surface area contributed by atoms with Gasteiger partial charge in [-0.1, -0.05) is 24.3 Å². The van der Waals surface area contributed by atoms with Crippen LogP contribution in [0, 0.1) is 0 Å². The Morgan fingerprint density at radius 3 is 2.42 bits per heavy atom. The maximum absolute atomic E-state index is 13.3. The zero-order chi connectivity index (χ0) is 21.8. The second-order valence-electron chi connectivity index (χ2n) is 7.03. The van der Waals surface area contributed by atoms with Crippen molar-refractivity contribution in [2.24, 2.45) is 0 Å². The quantitative estimate of drug-likeness (QED) is 0.636. The fourth-order valence-electron chi connectivity index (χ4n) is 3.48. The van der Waals surface area contributed by atoms with Crippen molar-refractivity contribution in [3.8, 4) is 11.5 Å². The van der Waals surface area contributed by atoms with E-state index in [1.165, 1.54) is 23.5 Å². The number of anilines is 2. The lowest BCUT2D eigenvalue weighted by Crippen LogP contribution is -2.35. The van der Waals surface area contributed by atoms with E-state index >= 15 is 0 Å². The first-order valence-electron chi connectivity index (χ1n) is 9.81. The number of ether oxygens (including phenoxy) is 2. The standard InChI is InChI=1S/C23H22N2O5S/c1-29-19-11-13-21(14-12-19)31(27,28)25-15-5-6-17-9-10-18(16-22(17)25)24-23(26)30-20-7-3-2-4-8-20/h2-4,7-14,16H,5-6,15H2,1H3,(H,24,26). The number of hydrogen-bond acceptors (Lipinski definition) is 5. The number of amides is 1. The van der Waals surface area contributed by atoms with E-state index in [1.54, 1.807) is 48.5 Å². The fraction of sp³-hybridized carbons (Fsp3) is 0.174. The van der Waals surface area contributed by atoms with Crippen LogP contribution < -0.4 is 19.1 Å². The van der Waals surface area contributed by atoms with Crippen molar-refractivity contribution in [1.82, 2.24) is 0 Å². The van der Waals surface area contributed by atoms with Crippen LogP contribution in [0.25, 0.3) is 0 Å². The lowest BCUT2D eigenvalue weighted by molar-refractivity contribution is 0.215. The molecule has 0 spiro atoms. The number of carbonyl (C=O) groups excluding carboxylic acids is 1. The van der Waals surface area contributed by atoms with Crippen LogP contribution in [0.4, 0.5) is 16.2 Å². The molecule has 1 heterocycles. The Kier molecular flexibility index (Phi) is 5.81. The number of fused-ring (bicyclic) bond motifs is 1. The third-order valence-corrected chi connectivity index (χ3v) is 6.84. The smallest absolute Gasteiger partial charge is 0.417 e. The van der Waals surface area contributed by atoms with Crippen LogP contribution in [-0.2, 0) is 16.4 Å². The summed E-state index contributed by atoms with van der Waals surface area (Å²) in [5, 5.41) is 2.67. The number of hydrogen-bond donors (Lipinski definition) is 1. The maximum Gasteiger partial charge on any atom is 0.417 e. The molecule has 0 aromatic heterocycles. The van der Waals surface area contributed by atoms with Gasteiger partial charge in [0, 0.05) is 12.2 Å². The number of para-hydroxylation sites is 1. The number of nitrogens with one attached hydrogen (secondary N) is 1. The lowest BCUT2D eigenvalue weighted by atomic mass is 10.0. The minimum Gasteiger partial charge on any atom is -0.497 e. The SMILES string of the molecule is COc1ccc(S(=O)(=O)N2CCCc3ccc(NC(=O)Oc4ccccc4)cc32)cc1. The zero-order valence-corrected chi connectivity index (χ0v) is 17.8. The molecule has 0 saturated heterocycles. The van der Waals surface area contributed by atoms with E-state index in [9.17, 15) is 13.2 Å². The molecule has 1 aliphatic heterocycles. The Hall–Kier alpha value is -3.52. The Morgan fingerprint density at radius 1 is 0.968 bits per heavy atom. The highest BCUT2D eigenvalue weighted by Gasteiger charge is 2.29. The predicted octanol–water partition coefficient (Wildman–Crippen LogP) is 4.45. The van der Waals surface area contributed by atoms with E-state index in [2.05, 4.69) is 5.32 Å². The summed E-state index contributed by atoms with van der Waals surface area (Å²) in [6, 6.07) is 20.3. The van der Waals surface area contributed by atoms with E-state index in [1.807, 2.05) is 12.1 Å². The lowest BCUT2D eigenvalue weighted by Gasteiger charge is -2.31. The number of aryl methyl sites for hydroxylation is 1. The highest BCUT2D eigenvalue weighted by Crippen LogP contribution is 2.34. The molecule has 31 heavy (non-hydrogen) atoms. The van der Waals surface area contributed by atoms with Crippen molar-refractivity contribution in [2.75, 3.05) is 23.3 Å². The molecule has 1 amide bonds. The molecule has 8 heteroatoms. The third kappa shape index (κ3) is 4.49. The Labute approximate surface area is 181 Å². The second-order valence-corrected chi connectivity index (χ2v) is 8.89. The van der Waals surface area contributed by atoms with E-state index in [0.29, 0.717) is 35.8 Å². The Bertz CT molecular complexity index is 1180. The molecular formula is C23H22N2O5S. The summed E-state index contributed by atoms with van der Waals surface area (Å²) in [6.07, 6.45) is 0.829. The first-order chi connectivity index (χ1) is 15.0. The molecular weight excluding hydrogens is 416 g/mol. The summed E-state index contributed by atoms with van der Waals surface area (Å²) >= 11 is 0. The first kappa shape index (κ1) is 20.7. The van der Waals surface area contributed by atoms with Crippen LogP contribution in [0.5, 0.6) is 11.5 Å². The van der Waals surface area contributed by atoms with Crippen LogP contribution in [0.1, 0.15) is 12.0 Å². The highest BCUT2D eigenvalue weighted by molar-refractivity contribution is 7.92. The van der Waals surface area contributed by atoms with Gasteiger partial charge in [-0.3, -0.25) is 9.62 Å². The molecule has 0 unspecified atom stereocenters. The summed E-state index contributed by atoms with van der Waals surface area (Å²) in [7, 11) is -2.23. The number of carbonyl (C=O) groups is 1. The number of nitrogens with zero attached hydrogens (tertiary/aromatic N) is 1. The Balaban J connectivity index is 1.59. The number of methoxy groups -OCH3 is 1. The molecule has 0 aliphatic carbocycles. The molecule has 7 nitrogen and oxygen atoms in total. The number of benzene rings is 3. The second kappa shape index (κ2) is 8.69. The molecule has 0 fully saturated rings. The average molecular weight is 439 g/mol. The number of sulfonamides is 1. The summed E-state index contributed by atoms with van der Waals surface area (Å²) in [5.41, 5.74) is 1.92. The molecule has 160 valence electrons. The minimum absolute atomic E-state index is 0.183. The minimum atomic E-state index is -3.76. The first-order valence-corrected chi connectivity index (χ1v) is 11.2. The van der Waals surface area contributed by atoms with Gasteiger partial charge in [-0.15, -0.1) is 0 Å². The molecule has 0 bridgehead atoms. The monoisotopic (exact) mass is 438 g/mol. The predicted molar refractivity (Wildman–Crippen MR) is 118 cm³/mol. The van der Waals surface area contributed by atoms with Crippen LogP contribution in [0.3, 0.4) is 0 Å². The van der Waals surface area contributed by atoms with E-state index in [-0.39, 0.29) is 4.90 Å². The average Bonchev–Trinajstić information content (AvgIpc) is 2.79. The summed E-state index contributed by atoms with van der Waals surface area (Å²) in [6.45, 7) is 0.360. The van der Waals surface area contributed by atoms with Crippen molar-refractivity contribution >= 4 is 27.5 Å². The molecule has 4 rings (SSSR count). The molecule has 3 aromatic rings. The fourth-order valence-corrected chi connectivity index (χ4v) is 5.02. The molecule has 1 aliphatic rings. The Morgan fingerprint density at radius 2 is 1.71 bits per heavy atom. The van der Waals surface area contributed by atoms with Crippen molar-refractivity contribution in [2.45, 2.75) is 17.7 Å². The topological polar surface area (TPSA) is 84.9 Å². The molecule has 0 atom stereocenters. The molecule has 0 radical (unpaired) electrons. The van der Waals surface area contributed by atoms with Gasteiger partial charge in [0.25, 0.3) is 10.0 Å². The normalized spacial score (nSPS) is 13.3. The van der Waals surface area contributed by atoms with E-state index < -0.39 is 16.1 Å². The van der Waals surface area contributed by atoms with Gasteiger partial charge in [0.15, 0.2) is 0 Å². The van der Waals surface area contributed by atoms with Crippen LogP contribution in [-0.4, -0.2) is 28.2 Å². The molecule has 1 N–H and O–H groups in total. The van der Waals surface area contributed by atoms with Crippen LogP contribution in [0.15, 0.2) is 77.7 Å². The van der Waals surface area contributed by atoms with Crippen molar-refractivity contribution < 1.29 is 22.7 Å². The zero-order valence-electron chi connectivity index (χ0n) is 16.9. The maximum atomic E-state index is 13.3. The number of rotatable bonds is 5. The summed E-state index contributed by atoms with van der Waals surface area (Å²) in [5.74, 6) is 1.00. The van der Waals surface area contributed by atoms with Gasteiger partial charge < -0.3 is 9.47 Å². The van der Waals surface area contributed by atoms with Crippen molar-refractivity contribution in [3.05, 3.63) is 78.4 Å². The van der Waals surface area contributed by atoms with Gasteiger partial charge in [0.2, 0.25) is 0 Å². The van der Waals surface area contributed by atoms with Gasteiger partial charge in [0.1, 0.15) is 11.5 Å². The van der Waals surface area contributed by atoms with Crippen molar-refractivity contribution in [3.63, 3.8) is 0 Å². The summed E-state index contributed by atoms with van der Waals surface area (Å²) < 4.78 is 38.4. The third-order valence-electron chi connectivity index (χ3n) is 5.01. The molecule has 3 aromatic carbocycles. The molecule has 0 saturated carbocycles. The largest absolute Gasteiger partial charge is 0.497 e. The van der Waals surface area contributed by atoms with Gasteiger partial charge in [0.05, 0.1) is 17.7 Å². The van der Waals surface area contributed by atoms with Gasteiger partial charge >= 0.3 is 6.09 Å². The van der Waals surface area contributed by atoms with Gasteiger partial charge in [-0.2, -0.15) is 0 Å². The van der Waals surface area contributed by atoms with Crippen LogP contribution >= 0.6 is 0 Å². The van der Waals surface area contributed by atoms with E-state index in [4.69, 9.17) is 9.47 Å². The van der Waals surface area contributed by atoms with Gasteiger partial charge in [-0.05, 0) is 66.9 Å².